The lowest BCUT2D eigenvalue weighted by Gasteiger charge is -2.25. The maximum absolute atomic E-state index is 14.1. The standard InChI is InChI=1S/C34H40N2O9S/c1-8-41-26-15-22(11-13-24(26)44-18-20(4)5)16-28-32(38)36-31(30(33(39)43-10-3)21(6)35-34(36)46-28)23-12-14-25(27(17-23)42-9-2)45-19-29(37)40-7/h11-17,20,31H,8-10,18-19H2,1-7H3/b28-16-/t31-/m1/s1. The van der Waals surface area contributed by atoms with E-state index >= 15 is 0 Å². The van der Waals surface area contributed by atoms with Gasteiger partial charge in [-0.3, -0.25) is 9.36 Å². The zero-order chi connectivity index (χ0) is 33.4. The van der Waals surface area contributed by atoms with Crippen LogP contribution in [0.15, 0.2) is 57.5 Å². The normalized spacial score (nSPS) is 14.4. The molecule has 0 fully saturated rings. The average molecular weight is 653 g/mol. The Labute approximate surface area is 271 Å². The molecule has 0 spiro atoms. The summed E-state index contributed by atoms with van der Waals surface area (Å²) >= 11 is 1.22. The van der Waals surface area contributed by atoms with Gasteiger partial charge in [0.05, 0.1) is 55.4 Å². The molecule has 0 bridgehead atoms. The summed E-state index contributed by atoms with van der Waals surface area (Å²) in [5, 5.41) is 0. The first kappa shape index (κ1) is 34.3. The maximum Gasteiger partial charge on any atom is 0.343 e. The second kappa shape index (κ2) is 15.6. The molecule has 1 atom stereocenters. The second-order valence-corrected chi connectivity index (χ2v) is 11.7. The first-order valence-corrected chi connectivity index (χ1v) is 16.0. The zero-order valence-electron chi connectivity index (χ0n) is 27.2. The molecule has 246 valence electrons. The molecule has 4 rings (SSSR count). The highest BCUT2D eigenvalue weighted by atomic mass is 32.1. The molecule has 46 heavy (non-hydrogen) atoms. The van der Waals surface area contributed by atoms with Gasteiger partial charge in [-0.1, -0.05) is 37.3 Å². The van der Waals surface area contributed by atoms with Gasteiger partial charge >= 0.3 is 11.9 Å². The minimum atomic E-state index is -0.864. The summed E-state index contributed by atoms with van der Waals surface area (Å²) in [6, 6.07) is 9.73. The van der Waals surface area contributed by atoms with E-state index < -0.39 is 18.0 Å². The summed E-state index contributed by atoms with van der Waals surface area (Å²) in [4.78, 5) is 44.2. The lowest BCUT2D eigenvalue weighted by molar-refractivity contribution is -0.143. The number of ether oxygens (including phenoxy) is 6. The number of carbonyl (C=O) groups is 2. The zero-order valence-corrected chi connectivity index (χ0v) is 28.0. The Hall–Kier alpha value is -4.58. The number of fused-ring (bicyclic) bond motifs is 1. The fraction of sp³-hybridized carbons (Fsp3) is 0.412. The molecule has 1 aliphatic heterocycles. The van der Waals surface area contributed by atoms with Gasteiger partial charge in [0, 0.05) is 0 Å². The number of nitrogens with zero attached hydrogens (tertiary/aromatic N) is 2. The molecule has 0 aliphatic carbocycles. The highest BCUT2D eigenvalue weighted by Crippen LogP contribution is 2.36. The molecule has 2 aromatic carbocycles. The van der Waals surface area contributed by atoms with Crippen molar-refractivity contribution in [2.45, 2.75) is 47.6 Å². The smallest absolute Gasteiger partial charge is 0.343 e. The first-order chi connectivity index (χ1) is 22.1. The number of thiazole rings is 1. The minimum absolute atomic E-state index is 0.149. The van der Waals surface area contributed by atoms with Gasteiger partial charge in [-0.05, 0) is 75.1 Å². The van der Waals surface area contributed by atoms with Crippen molar-refractivity contribution in [1.29, 1.82) is 0 Å². The van der Waals surface area contributed by atoms with Crippen LogP contribution in [-0.2, 0) is 19.1 Å². The minimum Gasteiger partial charge on any atom is -0.490 e. The molecule has 0 amide bonds. The molecule has 0 saturated heterocycles. The third kappa shape index (κ3) is 7.79. The van der Waals surface area contributed by atoms with Gasteiger partial charge in [-0.25, -0.2) is 14.6 Å². The van der Waals surface area contributed by atoms with Crippen LogP contribution in [0.3, 0.4) is 0 Å². The quantitative estimate of drug-likeness (QED) is 0.236. The average Bonchev–Trinajstić information content (AvgIpc) is 3.33. The van der Waals surface area contributed by atoms with Crippen LogP contribution in [0.4, 0.5) is 0 Å². The molecule has 0 unspecified atom stereocenters. The Morgan fingerprint density at radius 1 is 0.935 bits per heavy atom. The van der Waals surface area contributed by atoms with E-state index in [0.29, 0.717) is 69.3 Å². The van der Waals surface area contributed by atoms with Crippen molar-refractivity contribution >= 4 is 29.4 Å². The van der Waals surface area contributed by atoms with E-state index in [2.05, 4.69) is 23.6 Å². The van der Waals surface area contributed by atoms with Crippen molar-refractivity contribution in [3.8, 4) is 23.0 Å². The van der Waals surface area contributed by atoms with Crippen molar-refractivity contribution < 1.29 is 38.0 Å². The van der Waals surface area contributed by atoms with Gasteiger partial charge < -0.3 is 28.4 Å². The van der Waals surface area contributed by atoms with Crippen LogP contribution in [-0.4, -0.2) is 56.6 Å². The lowest BCUT2D eigenvalue weighted by atomic mass is 9.95. The van der Waals surface area contributed by atoms with Crippen molar-refractivity contribution in [2.24, 2.45) is 10.9 Å². The van der Waals surface area contributed by atoms with E-state index in [1.165, 1.54) is 23.0 Å². The molecule has 1 aromatic heterocycles. The Morgan fingerprint density at radius 2 is 1.61 bits per heavy atom. The first-order valence-electron chi connectivity index (χ1n) is 15.2. The van der Waals surface area contributed by atoms with Crippen molar-refractivity contribution in [3.63, 3.8) is 0 Å². The van der Waals surface area contributed by atoms with Crippen molar-refractivity contribution in [2.75, 3.05) is 40.1 Å². The Kier molecular flexibility index (Phi) is 11.6. The third-order valence-corrected chi connectivity index (χ3v) is 7.79. The van der Waals surface area contributed by atoms with Gasteiger partial charge in [0.15, 0.2) is 34.4 Å². The van der Waals surface area contributed by atoms with E-state index in [4.69, 9.17) is 23.7 Å². The highest BCUT2D eigenvalue weighted by Gasteiger charge is 2.34. The van der Waals surface area contributed by atoms with Crippen LogP contribution in [0.5, 0.6) is 23.0 Å². The number of benzene rings is 2. The summed E-state index contributed by atoms with van der Waals surface area (Å²) in [5.41, 5.74) is 1.66. The molecule has 11 nitrogen and oxygen atoms in total. The molecule has 0 saturated carbocycles. The van der Waals surface area contributed by atoms with E-state index in [1.807, 2.05) is 32.0 Å². The molecule has 0 N–H and O–H groups in total. The van der Waals surface area contributed by atoms with Crippen molar-refractivity contribution in [1.82, 2.24) is 4.57 Å². The third-order valence-electron chi connectivity index (χ3n) is 6.81. The van der Waals surface area contributed by atoms with Gasteiger partial charge in [0.25, 0.3) is 5.56 Å². The number of carbonyl (C=O) groups excluding carboxylic acids is 2. The Bertz CT molecular complexity index is 1790. The largest absolute Gasteiger partial charge is 0.490 e. The number of methoxy groups -OCH3 is 1. The number of hydrogen-bond donors (Lipinski definition) is 0. The van der Waals surface area contributed by atoms with Gasteiger partial charge in [0.1, 0.15) is 0 Å². The molecule has 12 heteroatoms. The Balaban J connectivity index is 1.85. The Morgan fingerprint density at radius 3 is 2.26 bits per heavy atom. The van der Waals surface area contributed by atoms with Gasteiger partial charge in [0.2, 0.25) is 0 Å². The molecule has 2 heterocycles. The van der Waals surface area contributed by atoms with Gasteiger partial charge in [-0.15, -0.1) is 0 Å². The predicted molar refractivity (Wildman–Crippen MR) is 173 cm³/mol. The van der Waals surface area contributed by atoms with Crippen LogP contribution < -0.4 is 33.8 Å². The SMILES string of the molecule is CCOC(=O)C1=C(C)N=c2s/c(=C\c3ccc(OCC(C)C)c(OCC)c3)c(=O)n2[C@@H]1c1ccc(OCC(=O)OC)c(OCC)c1. The van der Waals surface area contributed by atoms with E-state index in [1.54, 1.807) is 38.1 Å². The second-order valence-electron chi connectivity index (χ2n) is 10.7. The van der Waals surface area contributed by atoms with Crippen LogP contribution in [0, 0.1) is 5.92 Å². The summed E-state index contributed by atoms with van der Waals surface area (Å²) in [7, 11) is 1.27. The van der Waals surface area contributed by atoms with Crippen LogP contribution >= 0.6 is 11.3 Å². The summed E-state index contributed by atoms with van der Waals surface area (Å²) in [5.74, 6) is 1.09. The summed E-state index contributed by atoms with van der Waals surface area (Å²) < 4.78 is 35.3. The number of allylic oxidation sites excluding steroid dienone is 1. The highest BCUT2D eigenvalue weighted by molar-refractivity contribution is 7.07. The molecule has 1 aliphatic rings. The predicted octanol–water partition coefficient (Wildman–Crippen LogP) is 4.18. The molecule has 3 aromatic rings. The van der Waals surface area contributed by atoms with Gasteiger partial charge in [-0.2, -0.15) is 0 Å². The summed E-state index contributed by atoms with van der Waals surface area (Å²) in [6.45, 7) is 12.4. The summed E-state index contributed by atoms with van der Waals surface area (Å²) in [6.07, 6.45) is 1.77. The topological polar surface area (TPSA) is 124 Å². The van der Waals surface area contributed by atoms with Crippen molar-refractivity contribution in [3.05, 3.63) is 78.5 Å². The number of hydrogen-bond acceptors (Lipinski definition) is 11. The monoisotopic (exact) mass is 652 g/mol. The number of rotatable bonds is 14. The fourth-order valence-electron chi connectivity index (χ4n) is 4.79. The number of esters is 2. The molecular formula is C34H40N2O9S. The van der Waals surface area contributed by atoms with E-state index in [-0.39, 0.29) is 24.3 Å². The van der Waals surface area contributed by atoms with Crippen LogP contribution in [0.25, 0.3) is 6.08 Å². The van der Waals surface area contributed by atoms with E-state index in [0.717, 1.165) is 5.56 Å². The lowest BCUT2D eigenvalue weighted by Crippen LogP contribution is -2.40. The van der Waals surface area contributed by atoms with Crippen LogP contribution in [0.2, 0.25) is 0 Å². The van der Waals surface area contributed by atoms with Crippen LogP contribution in [0.1, 0.15) is 58.7 Å². The maximum atomic E-state index is 14.1. The molecule has 0 radical (unpaired) electrons. The fourth-order valence-corrected chi connectivity index (χ4v) is 5.84. The van der Waals surface area contributed by atoms with E-state index in [9.17, 15) is 14.4 Å². The molecular weight excluding hydrogens is 612 g/mol. The number of aromatic nitrogens is 1.